The van der Waals surface area contributed by atoms with Crippen LogP contribution in [0, 0.1) is 6.92 Å². The Kier molecular flexibility index (Phi) is 4.73. The molecule has 0 amide bonds. The lowest BCUT2D eigenvalue weighted by molar-refractivity contribution is 0.101. The number of hydrogen-bond acceptors (Lipinski definition) is 6. The maximum Gasteiger partial charge on any atom is 0.232 e. The molecule has 0 unspecified atom stereocenters. The number of carbonyl (C=O) groups excluding carboxylic acids is 1. The lowest BCUT2D eigenvalue weighted by Crippen LogP contribution is -2.22. The molecule has 2 aliphatic heterocycles. The van der Waals surface area contributed by atoms with Crippen molar-refractivity contribution in [1.82, 2.24) is 4.90 Å². The highest BCUT2D eigenvalue weighted by atomic mass is 16.7. The van der Waals surface area contributed by atoms with Gasteiger partial charge < -0.3 is 19.3 Å². The maximum absolute atomic E-state index is 13.0. The summed E-state index contributed by atoms with van der Waals surface area (Å²) in [6.07, 6.45) is 1.70. The predicted molar refractivity (Wildman–Crippen MR) is 105 cm³/mol. The van der Waals surface area contributed by atoms with Gasteiger partial charge in [0.15, 0.2) is 17.3 Å². The molecule has 0 saturated carbocycles. The molecule has 0 spiro atoms. The molecule has 0 fully saturated rings. The van der Waals surface area contributed by atoms with Gasteiger partial charge in [-0.1, -0.05) is 19.9 Å². The Labute approximate surface area is 163 Å². The van der Waals surface area contributed by atoms with Crippen molar-refractivity contribution in [1.29, 1.82) is 0 Å². The summed E-state index contributed by atoms with van der Waals surface area (Å²) < 4.78 is 16.7. The van der Waals surface area contributed by atoms with Crippen LogP contribution in [0.2, 0.25) is 0 Å². The van der Waals surface area contributed by atoms with Crippen molar-refractivity contribution in [3.63, 3.8) is 0 Å². The van der Waals surface area contributed by atoms with E-state index < -0.39 is 0 Å². The van der Waals surface area contributed by atoms with Crippen LogP contribution in [0.4, 0.5) is 0 Å². The number of allylic oxidation sites excluding steroid dienone is 1. The van der Waals surface area contributed by atoms with E-state index in [2.05, 4.69) is 18.7 Å². The number of phenolic OH excluding ortho intramolecular Hbond substituents is 1. The third-order valence-electron chi connectivity index (χ3n) is 5.19. The number of aromatic hydroxyl groups is 1. The number of Topliss-reactive ketones (excluding diaryl/α,β-unsaturated/α-hetero) is 1. The summed E-state index contributed by atoms with van der Waals surface area (Å²) in [6, 6.07) is 7.12. The van der Waals surface area contributed by atoms with E-state index >= 15 is 0 Å². The van der Waals surface area contributed by atoms with E-state index in [1.54, 1.807) is 12.1 Å². The summed E-state index contributed by atoms with van der Waals surface area (Å²) in [5.41, 5.74) is 2.65. The number of fused-ring (bicyclic) bond motifs is 2. The Morgan fingerprint density at radius 2 is 1.89 bits per heavy atom. The van der Waals surface area contributed by atoms with Gasteiger partial charge in [0, 0.05) is 6.54 Å². The molecule has 0 radical (unpaired) electrons. The molecule has 2 aliphatic rings. The molecule has 4 rings (SSSR count). The van der Waals surface area contributed by atoms with E-state index in [4.69, 9.17) is 14.2 Å². The summed E-state index contributed by atoms with van der Waals surface area (Å²) in [5.74, 6) is 2.01. The SMILES string of the molecule is CCN(CC)Cc1c(O)cc(C)c2c1O/C(=C\c1ccc3c(c1)OCO3)C2=O. The van der Waals surface area contributed by atoms with Gasteiger partial charge in [0.05, 0.1) is 11.1 Å². The minimum absolute atomic E-state index is 0.153. The molecule has 6 heteroatoms. The zero-order valence-corrected chi connectivity index (χ0v) is 16.2. The molecular weight excluding hydrogens is 358 g/mol. The van der Waals surface area contributed by atoms with Gasteiger partial charge in [-0.25, -0.2) is 0 Å². The van der Waals surface area contributed by atoms with Gasteiger partial charge in [-0.05, 0) is 55.4 Å². The van der Waals surface area contributed by atoms with Gasteiger partial charge in [0.2, 0.25) is 12.6 Å². The molecule has 0 aliphatic carbocycles. The largest absolute Gasteiger partial charge is 0.507 e. The first kappa shape index (κ1) is 18.4. The van der Waals surface area contributed by atoms with Gasteiger partial charge >= 0.3 is 0 Å². The molecule has 2 aromatic carbocycles. The fourth-order valence-corrected chi connectivity index (χ4v) is 3.56. The monoisotopic (exact) mass is 381 g/mol. The summed E-state index contributed by atoms with van der Waals surface area (Å²) in [4.78, 5) is 15.2. The van der Waals surface area contributed by atoms with Crippen LogP contribution >= 0.6 is 0 Å². The van der Waals surface area contributed by atoms with E-state index in [1.807, 2.05) is 25.1 Å². The second kappa shape index (κ2) is 7.20. The standard InChI is InChI=1S/C22H23NO5/c1-4-23(5-2)11-15-16(24)8-13(3)20-21(25)19(28-22(15)20)10-14-6-7-17-18(9-14)27-12-26-17/h6-10,24H,4-5,11-12H2,1-3H3/b19-10-. The number of ketones is 1. The number of benzene rings is 2. The van der Waals surface area contributed by atoms with Gasteiger partial charge in [-0.15, -0.1) is 0 Å². The number of aryl methyl sites for hydroxylation is 1. The number of carbonyl (C=O) groups is 1. The first-order chi connectivity index (χ1) is 13.5. The Morgan fingerprint density at radius 3 is 2.64 bits per heavy atom. The summed E-state index contributed by atoms with van der Waals surface area (Å²) >= 11 is 0. The fourth-order valence-electron chi connectivity index (χ4n) is 3.56. The second-order valence-corrected chi connectivity index (χ2v) is 6.91. The minimum Gasteiger partial charge on any atom is -0.507 e. The predicted octanol–water partition coefficient (Wildman–Crippen LogP) is 3.89. The Balaban J connectivity index is 1.72. The molecule has 0 bridgehead atoms. The van der Waals surface area contributed by atoms with Gasteiger partial charge in [0.1, 0.15) is 11.5 Å². The summed E-state index contributed by atoms with van der Waals surface area (Å²) in [5, 5.41) is 10.5. The molecular formula is C22H23NO5. The fraction of sp³-hybridized carbons (Fsp3) is 0.318. The number of nitrogens with zero attached hydrogens (tertiary/aromatic N) is 1. The minimum atomic E-state index is -0.175. The van der Waals surface area contributed by atoms with Crippen LogP contribution in [-0.2, 0) is 6.54 Å². The van der Waals surface area contributed by atoms with E-state index in [0.717, 1.165) is 18.7 Å². The lowest BCUT2D eigenvalue weighted by Gasteiger charge is -2.20. The Morgan fingerprint density at radius 1 is 1.14 bits per heavy atom. The van der Waals surface area contributed by atoms with Crippen LogP contribution in [0.15, 0.2) is 30.0 Å². The third-order valence-corrected chi connectivity index (χ3v) is 5.19. The van der Waals surface area contributed by atoms with E-state index in [1.165, 1.54) is 0 Å². The normalized spacial score (nSPS) is 16.0. The van der Waals surface area contributed by atoms with Crippen LogP contribution in [0.1, 0.15) is 40.9 Å². The number of rotatable bonds is 5. The molecule has 0 atom stereocenters. The number of ether oxygens (including phenoxy) is 3. The molecule has 146 valence electrons. The van der Waals surface area contributed by atoms with E-state index in [0.29, 0.717) is 40.5 Å². The van der Waals surface area contributed by atoms with Crippen molar-refractivity contribution < 1.29 is 24.1 Å². The second-order valence-electron chi connectivity index (χ2n) is 6.91. The van der Waals surface area contributed by atoms with Crippen molar-refractivity contribution in [3.8, 4) is 23.0 Å². The Hall–Kier alpha value is -2.99. The molecule has 0 aromatic heterocycles. The zero-order chi connectivity index (χ0) is 19.8. The Bertz CT molecular complexity index is 975. The van der Waals surface area contributed by atoms with Crippen LogP contribution in [-0.4, -0.2) is 35.7 Å². The lowest BCUT2D eigenvalue weighted by atomic mass is 9.99. The van der Waals surface area contributed by atoms with Crippen molar-refractivity contribution >= 4 is 11.9 Å². The van der Waals surface area contributed by atoms with Crippen molar-refractivity contribution in [3.05, 3.63) is 52.3 Å². The van der Waals surface area contributed by atoms with Crippen LogP contribution in [0.5, 0.6) is 23.0 Å². The topological polar surface area (TPSA) is 68.2 Å². The van der Waals surface area contributed by atoms with Crippen molar-refractivity contribution in [2.75, 3.05) is 19.9 Å². The number of hydrogen-bond donors (Lipinski definition) is 1. The van der Waals surface area contributed by atoms with Crippen molar-refractivity contribution in [2.45, 2.75) is 27.3 Å². The average molecular weight is 381 g/mol. The molecule has 2 aromatic rings. The molecule has 0 saturated heterocycles. The summed E-state index contributed by atoms with van der Waals surface area (Å²) in [6.45, 7) is 8.33. The average Bonchev–Trinajstić information content (AvgIpc) is 3.26. The quantitative estimate of drug-likeness (QED) is 0.793. The van der Waals surface area contributed by atoms with Gasteiger partial charge in [-0.3, -0.25) is 9.69 Å². The maximum atomic E-state index is 13.0. The summed E-state index contributed by atoms with van der Waals surface area (Å²) in [7, 11) is 0. The zero-order valence-electron chi connectivity index (χ0n) is 16.2. The van der Waals surface area contributed by atoms with Gasteiger partial charge in [0.25, 0.3) is 0 Å². The van der Waals surface area contributed by atoms with Crippen LogP contribution in [0.25, 0.3) is 6.08 Å². The third kappa shape index (κ3) is 3.10. The van der Waals surface area contributed by atoms with Crippen LogP contribution in [0.3, 0.4) is 0 Å². The molecule has 6 nitrogen and oxygen atoms in total. The van der Waals surface area contributed by atoms with E-state index in [-0.39, 0.29) is 24.1 Å². The molecule has 1 N–H and O–H groups in total. The highest BCUT2D eigenvalue weighted by molar-refractivity contribution is 6.15. The highest BCUT2D eigenvalue weighted by Crippen LogP contribution is 2.42. The highest BCUT2D eigenvalue weighted by Gasteiger charge is 2.33. The molecule has 2 heterocycles. The van der Waals surface area contributed by atoms with Gasteiger partial charge in [-0.2, -0.15) is 0 Å². The smallest absolute Gasteiger partial charge is 0.232 e. The van der Waals surface area contributed by atoms with E-state index in [9.17, 15) is 9.90 Å². The molecule has 28 heavy (non-hydrogen) atoms. The van der Waals surface area contributed by atoms with Crippen molar-refractivity contribution in [2.24, 2.45) is 0 Å². The number of phenols is 1. The first-order valence-corrected chi connectivity index (χ1v) is 9.43. The van der Waals surface area contributed by atoms with Crippen LogP contribution < -0.4 is 14.2 Å². The first-order valence-electron chi connectivity index (χ1n) is 9.43.